The summed E-state index contributed by atoms with van der Waals surface area (Å²) in [6.07, 6.45) is 1.08. The second-order valence-electron chi connectivity index (χ2n) is 4.57. The number of nitrogens with two attached hydrogens (primary N) is 1. The molecular weight excluding hydrogens is 248 g/mol. The maximum absolute atomic E-state index is 11.6. The number of amides is 1. The van der Waals surface area contributed by atoms with Crippen molar-refractivity contribution in [1.29, 1.82) is 0 Å². The summed E-state index contributed by atoms with van der Waals surface area (Å²) >= 11 is 0. The van der Waals surface area contributed by atoms with Crippen LogP contribution < -0.4 is 10.5 Å². The van der Waals surface area contributed by atoms with Crippen LogP contribution in [0.15, 0.2) is 6.33 Å². The van der Waals surface area contributed by atoms with Crippen LogP contribution in [0.1, 0.15) is 19.9 Å². The smallest absolute Gasteiger partial charge is 0.388 e. The van der Waals surface area contributed by atoms with E-state index in [-0.39, 0.29) is 17.9 Å². The van der Waals surface area contributed by atoms with E-state index in [2.05, 4.69) is 15.0 Å². The van der Waals surface area contributed by atoms with Gasteiger partial charge in [-0.15, -0.1) is 0 Å². The molecule has 0 bridgehead atoms. The topological polar surface area (TPSA) is 99.2 Å². The van der Waals surface area contributed by atoms with Gasteiger partial charge in [0.25, 0.3) is 5.88 Å². The molecule has 2 aromatic rings. The third kappa shape index (κ3) is 2.42. The van der Waals surface area contributed by atoms with Crippen LogP contribution in [-0.4, -0.2) is 44.6 Å². The van der Waals surface area contributed by atoms with Crippen LogP contribution in [-0.2, 0) is 0 Å². The van der Waals surface area contributed by atoms with Gasteiger partial charge in [0.2, 0.25) is 5.95 Å². The van der Waals surface area contributed by atoms with E-state index in [0.29, 0.717) is 11.2 Å². The summed E-state index contributed by atoms with van der Waals surface area (Å²) in [5, 5.41) is 0. The fourth-order valence-electron chi connectivity index (χ4n) is 1.53. The van der Waals surface area contributed by atoms with Crippen LogP contribution in [0.4, 0.5) is 10.7 Å². The Labute approximate surface area is 110 Å². The van der Waals surface area contributed by atoms with E-state index in [9.17, 15) is 4.79 Å². The normalized spacial score (nSPS) is 11.0. The second-order valence-corrected chi connectivity index (χ2v) is 4.57. The van der Waals surface area contributed by atoms with E-state index in [1.807, 2.05) is 18.4 Å². The fourth-order valence-corrected chi connectivity index (χ4v) is 1.53. The molecular formula is C11H16N6O2. The molecule has 2 aromatic heterocycles. The third-order valence-corrected chi connectivity index (χ3v) is 2.51. The quantitative estimate of drug-likeness (QED) is 0.870. The van der Waals surface area contributed by atoms with E-state index < -0.39 is 6.09 Å². The lowest BCUT2D eigenvalue weighted by Gasteiger charge is -2.11. The van der Waals surface area contributed by atoms with Crippen molar-refractivity contribution in [3.8, 4) is 5.88 Å². The molecule has 2 heterocycles. The minimum Gasteiger partial charge on any atom is -0.388 e. The Morgan fingerprint density at radius 2 is 2.11 bits per heavy atom. The summed E-state index contributed by atoms with van der Waals surface area (Å²) in [5.74, 6) is 0.108. The number of fused-ring (bicyclic) bond motifs is 1. The zero-order valence-electron chi connectivity index (χ0n) is 11.3. The highest BCUT2D eigenvalue weighted by atomic mass is 16.6. The Morgan fingerprint density at radius 1 is 1.42 bits per heavy atom. The first-order chi connectivity index (χ1) is 8.90. The van der Waals surface area contributed by atoms with Gasteiger partial charge in [-0.3, -0.25) is 0 Å². The molecule has 8 heteroatoms. The monoisotopic (exact) mass is 264 g/mol. The molecule has 2 N–H and O–H groups in total. The number of anilines is 1. The molecule has 19 heavy (non-hydrogen) atoms. The first-order valence-electron chi connectivity index (χ1n) is 5.79. The van der Waals surface area contributed by atoms with E-state index >= 15 is 0 Å². The van der Waals surface area contributed by atoms with Crippen LogP contribution in [0.3, 0.4) is 0 Å². The summed E-state index contributed by atoms with van der Waals surface area (Å²) in [5.41, 5.74) is 6.60. The van der Waals surface area contributed by atoms with Crippen LogP contribution in [0.25, 0.3) is 11.2 Å². The summed E-state index contributed by atoms with van der Waals surface area (Å²) in [6, 6.07) is 0.164. The number of carbonyl (C=O) groups is 1. The summed E-state index contributed by atoms with van der Waals surface area (Å²) in [4.78, 5) is 25.1. The Kier molecular flexibility index (Phi) is 3.24. The zero-order chi connectivity index (χ0) is 14.2. The van der Waals surface area contributed by atoms with Gasteiger partial charge in [-0.2, -0.15) is 9.97 Å². The average Bonchev–Trinajstić information content (AvgIpc) is 2.72. The maximum atomic E-state index is 11.6. The average molecular weight is 264 g/mol. The van der Waals surface area contributed by atoms with Crippen LogP contribution in [0, 0.1) is 0 Å². The van der Waals surface area contributed by atoms with Gasteiger partial charge in [-0.25, -0.2) is 9.78 Å². The number of aromatic nitrogens is 4. The molecule has 0 aliphatic heterocycles. The number of ether oxygens (including phenoxy) is 1. The maximum Gasteiger partial charge on any atom is 0.416 e. The van der Waals surface area contributed by atoms with Crippen molar-refractivity contribution in [3.05, 3.63) is 6.33 Å². The molecule has 0 saturated carbocycles. The summed E-state index contributed by atoms with van der Waals surface area (Å²) in [7, 11) is 3.16. The van der Waals surface area contributed by atoms with Gasteiger partial charge in [0, 0.05) is 20.1 Å². The SMILES string of the molecule is CC(C)n1cnc2c(OC(=O)N(C)C)nc(N)nc21. The predicted octanol–water partition coefficient (Wildman–Crippen LogP) is 1.05. The van der Waals surface area contributed by atoms with E-state index in [0.717, 1.165) is 0 Å². The van der Waals surface area contributed by atoms with Crippen LogP contribution in [0.5, 0.6) is 5.88 Å². The van der Waals surface area contributed by atoms with Crippen molar-refractivity contribution in [1.82, 2.24) is 24.4 Å². The number of rotatable bonds is 2. The predicted molar refractivity (Wildman–Crippen MR) is 69.8 cm³/mol. The van der Waals surface area contributed by atoms with Gasteiger partial charge in [-0.1, -0.05) is 0 Å². The van der Waals surface area contributed by atoms with Crippen LogP contribution in [0.2, 0.25) is 0 Å². The molecule has 0 radical (unpaired) electrons. The molecule has 0 fully saturated rings. The summed E-state index contributed by atoms with van der Waals surface area (Å²) < 4.78 is 6.98. The molecule has 8 nitrogen and oxygen atoms in total. The van der Waals surface area contributed by atoms with Crippen molar-refractivity contribution in [2.45, 2.75) is 19.9 Å². The largest absolute Gasteiger partial charge is 0.416 e. The number of hydrogen-bond acceptors (Lipinski definition) is 6. The number of nitrogen functional groups attached to an aromatic ring is 1. The first-order valence-corrected chi connectivity index (χ1v) is 5.79. The number of carbonyl (C=O) groups excluding carboxylic acids is 1. The first kappa shape index (κ1) is 13.1. The van der Waals surface area contributed by atoms with Gasteiger partial charge in [0.05, 0.1) is 6.33 Å². The molecule has 0 aliphatic carbocycles. The van der Waals surface area contributed by atoms with E-state index in [4.69, 9.17) is 10.5 Å². The highest BCUT2D eigenvalue weighted by Gasteiger charge is 2.18. The zero-order valence-corrected chi connectivity index (χ0v) is 11.3. The Hall–Kier alpha value is -2.38. The van der Waals surface area contributed by atoms with Gasteiger partial charge < -0.3 is 19.9 Å². The minimum absolute atomic E-state index is 0.0384. The molecule has 0 atom stereocenters. The standard InChI is InChI=1S/C11H16N6O2/c1-6(2)17-5-13-7-8(17)14-10(12)15-9(7)19-11(18)16(3)4/h5-6H,1-4H3,(H2,12,14,15). The lowest BCUT2D eigenvalue weighted by atomic mass is 10.4. The Balaban J connectivity index is 2.52. The highest BCUT2D eigenvalue weighted by molar-refractivity contribution is 5.81. The molecule has 0 saturated heterocycles. The van der Waals surface area contributed by atoms with Gasteiger partial charge in [-0.05, 0) is 13.8 Å². The van der Waals surface area contributed by atoms with Crippen molar-refractivity contribution in [2.24, 2.45) is 0 Å². The molecule has 0 aliphatic rings. The van der Waals surface area contributed by atoms with Crippen molar-refractivity contribution in [3.63, 3.8) is 0 Å². The van der Waals surface area contributed by atoms with E-state index in [1.165, 1.54) is 4.90 Å². The third-order valence-electron chi connectivity index (χ3n) is 2.51. The summed E-state index contributed by atoms with van der Waals surface area (Å²) in [6.45, 7) is 3.98. The van der Waals surface area contributed by atoms with Crippen molar-refractivity contribution in [2.75, 3.05) is 19.8 Å². The second kappa shape index (κ2) is 4.71. The van der Waals surface area contributed by atoms with Gasteiger partial charge in [0.15, 0.2) is 11.2 Å². The Morgan fingerprint density at radius 3 is 2.68 bits per heavy atom. The number of nitrogens with zero attached hydrogens (tertiary/aromatic N) is 5. The molecule has 0 aromatic carbocycles. The fraction of sp³-hybridized carbons (Fsp3) is 0.455. The highest BCUT2D eigenvalue weighted by Crippen LogP contribution is 2.24. The minimum atomic E-state index is -0.543. The lowest BCUT2D eigenvalue weighted by molar-refractivity contribution is 0.170. The lowest BCUT2D eigenvalue weighted by Crippen LogP contribution is -2.26. The molecule has 0 spiro atoms. The van der Waals surface area contributed by atoms with E-state index in [1.54, 1.807) is 20.4 Å². The molecule has 2 rings (SSSR count). The molecule has 102 valence electrons. The number of imidazole rings is 1. The van der Waals surface area contributed by atoms with Gasteiger partial charge in [0.1, 0.15) is 0 Å². The van der Waals surface area contributed by atoms with Crippen molar-refractivity contribution < 1.29 is 9.53 Å². The Bertz CT molecular complexity index is 619. The van der Waals surface area contributed by atoms with Crippen LogP contribution >= 0.6 is 0 Å². The number of hydrogen-bond donors (Lipinski definition) is 1. The van der Waals surface area contributed by atoms with Crippen molar-refractivity contribution >= 4 is 23.2 Å². The van der Waals surface area contributed by atoms with Gasteiger partial charge >= 0.3 is 6.09 Å². The molecule has 1 amide bonds. The molecule has 0 unspecified atom stereocenters.